The monoisotopic (exact) mass is 258 g/mol. The lowest BCUT2D eigenvalue weighted by atomic mass is 10.3. The van der Waals surface area contributed by atoms with E-state index in [9.17, 15) is 0 Å². The van der Waals surface area contributed by atoms with Gasteiger partial charge in [0.15, 0.2) is 0 Å². The molecule has 0 aliphatic heterocycles. The molecule has 100 valence electrons. The SMILES string of the molecule is COc1ccc(CNCc2cncn2C2CC2)cn1. The summed E-state index contributed by atoms with van der Waals surface area (Å²) in [5, 5.41) is 3.42. The highest BCUT2D eigenvalue weighted by atomic mass is 16.5. The molecule has 0 saturated heterocycles. The Balaban J connectivity index is 1.53. The maximum Gasteiger partial charge on any atom is 0.212 e. The molecule has 19 heavy (non-hydrogen) atoms. The molecule has 3 rings (SSSR count). The average molecular weight is 258 g/mol. The summed E-state index contributed by atoms with van der Waals surface area (Å²) >= 11 is 0. The first-order valence-corrected chi connectivity index (χ1v) is 6.57. The predicted molar refractivity (Wildman–Crippen MR) is 71.8 cm³/mol. The molecule has 1 N–H and O–H groups in total. The van der Waals surface area contributed by atoms with E-state index < -0.39 is 0 Å². The van der Waals surface area contributed by atoms with E-state index in [1.165, 1.54) is 18.5 Å². The van der Waals surface area contributed by atoms with E-state index in [0.717, 1.165) is 18.7 Å². The minimum atomic E-state index is 0.649. The van der Waals surface area contributed by atoms with Crippen molar-refractivity contribution in [3.8, 4) is 5.88 Å². The van der Waals surface area contributed by atoms with Crippen LogP contribution < -0.4 is 10.1 Å². The van der Waals surface area contributed by atoms with Crippen molar-refractivity contribution in [2.45, 2.75) is 32.0 Å². The van der Waals surface area contributed by atoms with Crippen LogP contribution in [0.2, 0.25) is 0 Å². The minimum absolute atomic E-state index is 0.649. The number of nitrogens with zero attached hydrogens (tertiary/aromatic N) is 3. The fourth-order valence-electron chi connectivity index (χ4n) is 2.12. The normalized spacial score (nSPS) is 14.6. The second-order valence-electron chi connectivity index (χ2n) is 4.84. The standard InChI is InChI=1S/C14H18N4O/c1-19-14-5-2-11(7-17-14)6-15-8-13-9-16-10-18(13)12-3-4-12/h2,5,7,9-10,12,15H,3-4,6,8H2,1H3. The summed E-state index contributed by atoms with van der Waals surface area (Å²) in [4.78, 5) is 8.41. The van der Waals surface area contributed by atoms with Gasteiger partial charge in [-0.1, -0.05) is 6.07 Å². The third-order valence-electron chi connectivity index (χ3n) is 3.33. The molecule has 0 amide bonds. The summed E-state index contributed by atoms with van der Waals surface area (Å²) < 4.78 is 7.32. The van der Waals surface area contributed by atoms with E-state index in [1.807, 2.05) is 30.9 Å². The average Bonchev–Trinajstić information content (AvgIpc) is 3.19. The Bertz CT molecular complexity index is 531. The number of ether oxygens (including phenoxy) is 1. The molecule has 1 aliphatic carbocycles. The van der Waals surface area contributed by atoms with Gasteiger partial charge in [0.25, 0.3) is 0 Å². The van der Waals surface area contributed by atoms with E-state index in [1.54, 1.807) is 7.11 Å². The van der Waals surface area contributed by atoms with Crippen LogP contribution >= 0.6 is 0 Å². The van der Waals surface area contributed by atoms with Gasteiger partial charge in [0.2, 0.25) is 5.88 Å². The molecule has 0 aromatic carbocycles. The third-order valence-corrected chi connectivity index (χ3v) is 3.33. The van der Waals surface area contributed by atoms with Crippen molar-refractivity contribution < 1.29 is 4.74 Å². The number of imidazole rings is 1. The van der Waals surface area contributed by atoms with Crippen molar-refractivity contribution >= 4 is 0 Å². The van der Waals surface area contributed by atoms with Crippen LogP contribution in [0.15, 0.2) is 30.9 Å². The van der Waals surface area contributed by atoms with Crippen LogP contribution in [0.5, 0.6) is 5.88 Å². The first kappa shape index (κ1) is 12.2. The van der Waals surface area contributed by atoms with Crippen molar-refractivity contribution in [2.24, 2.45) is 0 Å². The lowest BCUT2D eigenvalue weighted by Gasteiger charge is -2.08. The molecule has 0 radical (unpaired) electrons. The van der Waals surface area contributed by atoms with Gasteiger partial charge in [0, 0.05) is 37.6 Å². The molecule has 0 spiro atoms. The largest absolute Gasteiger partial charge is 0.481 e. The molecule has 0 bridgehead atoms. The molecule has 5 heteroatoms. The van der Waals surface area contributed by atoms with Crippen LogP contribution in [-0.2, 0) is 13.1 Å². The van der Waals surface area contributed by atoms with Crippen molar-refractivity contribution in [3.05, 3.63) is 42.1 Å². The minimum Gasteiger partial charge on any atom is -0.481 e. The van der Waals surface area contributed by atoms with Gasteiger partial charge in [-0.3, -0.25) is 0 Å². The van der Waals surface area contributed by atoms with Crippen LogP contribution in [0.4, 0.5) is 0 Å². The summed E-state index contributed by atoms with van der Waals surface area (Å²) in [7, 11) is 1.62. The number of hydrogen-bond acceptors (Lipinski definition) is 4. The summed E-state index contributed by atoms with van der Waals surface area (Å²) in [6, 6.07) is 4.59. The molecule has 0 unspecified atom stereocenters. The maximum absolute atomic E-state index is 5.04. The van der Waals surface area contributed by atoms with Gasteiger partial charge in [-0.25, -0.2) is 9.97 Å². The number of pyridine rings is 1. The Morgan fingerprint density at radius 2 is 2.21 bits per heavy atom. The topological polar surface area (TPSA) is 52.0 Å². The quantitative estimate of drug-likeness (QED) is 0.860. The van der Waals surface area contributed by atoms with E-state index in [0.29, 0.717) is 11.9 Å². The van der Waals surface area contributed by atoms with Crippen LogP contribution in [0, 0.1) is 0 Å². The molecular formula is C14H18N4O. The molecule has 2 aromatic heterocycles. The molecule has 5 nitrogen and oxygen atoms in total. The zero-order valence-corrected chi connectivity index (χ0v) is 11.0. The summed E-state index contributed by atoms with van der Waals surface area (Å²) in [5.74, 6) is 0.649. The smallest absolute Gasteiger partial charge is 0.212 e. The summed E-state index contributed by atoms with van der Waals surface area (Å²) in [6.07, 6.45) is 8.28. The van der Waals surface area contributed by atoms with E-state index >= 15 is 0 Å². The van der Waals surface area contributed by atoms with Crippen molar-refractivity contribution in [1.29, 1.82) is 0 Å². The Morgan fingerprint density at radius 3 is 2.89 bits per heavy atom. The molecule has 1 saturated carbocycles. The number of rotatable bonds is 6. The fraction of sp³-hybridized carbons (Fsp3) is 0.429. The lowest BCUT2D eigenvalue weighted by molar-refractivity contribution is 0.397. The van der Waals surface area contributed by atoms with Gasteiger partial charge in [0.05, 0.1) is 19.1 Å². The molecule has 0 atom stereocenters. The maximum atomic E-state index is 5.04. The third kappa shape index (κ3) is 2.93. The van der Waals surface area contributed by atoms with E-state index in [2.05, 4.69) is 19.9 Å². The van der Waals surface area contributed by atoms with Gasteiger partial charge in [0.1, 0.15) is 0 Å². The number of hydrogen-bond donors (Lipinski definition) is 1. The Kier molecular flexibility index (Phi) is 3.46. The highest BCUT2D eigenvalue weighted by Crippen LogP contribution is 2.35. The Hall–Kier alpha value is -1.88. The predicted octanol–water partition coefficient (Wildman–Crippen LogP) is 1.91. The van der Waals surface area contributed by atoms with Crippen molar-refractivity contribution in [2.75, 3.05) is 7.11 Å². The molecule has 1 fully saturated rings. The van der Waals surface area contributed by atoms with Crippen LogP contribution in [0.1, 0.15) is 30.1 Å². The summed E-state index contributed by atoms with van der Waals surface area (Å²) in [5.41, 5.74) is 2.40. The number of nitrogens with one attached hydrogen (secondary N) is 1. The van der Waals surface area contributed by atoms with Crippen LogP contribution in [0.3, 0.4) is 0 Å². The van der Waals surface area contributed by atoms with Crippen LogP contribution in [0.25, 0.3) is 0 Å². The second kappa shape index (κ2) is 5.40. The zero-order valence-electron chi connectivity index (χ0n) is 11.0. The van der Waals surface area contributed by atoms with Crippen molar-refractivity contribution in [3.63, 3.8) is 0 Å². The highest BCUT2D eigenvalue weighted by molar-refractivity contribution is 5.17. The van der Waals surface area contributed by atoms with Gasteiger partial charge in [-0.05, 0) is 18.4 Å². The molecular weight excluding hydrogens is 240 g/mol. The summed E-state index contributed by atoms with van der Waals surface area (Å²) in [6.45, 7) is 1.63. The Labute approximate surface area is 112 Å². The number of aromatic nitrogens is 3. The van der Waals surface area contributed by atoms with Gasteiger partial charge in [-0.15, -0.1) is 0 Å². The Morgan fingerprint density at radius 1 is 1.32 bits per heavy atom. The van der Waals surface area contributed by atoms with Crippen molar-refractivity contribution in [1.82, 2.24) is 19.9 Å². The zero-order chi connectivity index (χ0) is 13.1. The first-order valence-electron chi connectivity index (χ1n) is 6.57. The van der Waals surface area contributed by atoms with E-state index in [-0.39, 0.29) is 0 Å². The molecule has 2 aromatic rings. The highest BCUT2D eigenvalue weighted by Gasteiger charge is 2.24. The van der Waals surface area contributed by atoms with Gasteiger partial charge < -0.3 is 14.6 Å². The number of methoxy groups -OCH3 is 1. The van der Waals surface area contributed by atoms with E-state index in [4.69, 9.17) is 4.74 Å². The lowest BCUT2D eigenvalue weighted by Crippen LogP contribution is -2.15. The first-order chi connectivity index (χ1) is 9.36. The molecule has 1 aliphatic rings. The fourth-order valence-corrected chi connectivity index (χ4v) is 2.12. The van der Waals surface area contributed by atoms with Crippen LogP contribution in [-0.4, -0.2) is 21.6 Å². The van der Waals surface area contributed by atoms with Gasteiger partial charge >= 0.3 is 0 Å². The second-order valence-corrected chi connectivity index (χ2v) is 4.84. The molecule has 2 heterocycles. The van der Waals surface area contributed by atoms with Gasteiger partial charge in [-0.2, -0.15) is 0 Å².